The van der Waals surface area contributed by atoms with Gasteiger partial charge in [0.05, 0.1) is 6.10 Å². The summed E-state index contributed by atoms with van der Waals surface area (Å²) in [6, 6.07) is 3.46. The van der Waals surface area contributed by atoms with Crippen molar-refractivity contribution in [3.8, 4) is 0 Å². The number of nitrogens with zero attached hydrogens (tertiary/aromatic N) is 4. The number of aromatic nitrogens is 2. The predicted molar refractivity (Wildman–Crippen MR) is 72.1 cm³/mol. The molecule has 19 heavy (non-hydrogen) atoms. The number of rotatable bonds is 2. The number of piperidine rings is 1. The van der Waals surface area contributed by atoms with Crippen LogP contribution in [0.3, 0.4) is 0 Å². The van der Waals surface area contributed by atoms with E-state index in [1.165, 1.54) is 4.90 Å². The van der Waals surface area contributed by atoms with Gasteiger partial charge in [0, 0.05) is 27.2 Å². The zero-order valence-corrected chi connectivity index (χ0v) is 11.6. The number of anilines is 1. The lowest BCUT2D eigenvalue weighted by Crippen LogP contribution is -2.43. The van der Waals surface area contributed by atoms with Gasteiger partial charge in [-0.15, -0.1) is 10.2 Å². The molecule has 1 aliphatic rings. The summed E-state index contributed by atoms with van der Waals surface area (Å²) in [5.41, 5.74) is 0.333. The van der Waals surface area contributed by atoms with Crippen LogP contribution in [0.5, 0.6) is 0 Å². The lowest BCUT2D eigenvalue weighted by molar-refractivity contribution is 0.0820. The van der Waals surface area contributed by atoms with Crippen molar-refractivity contribution in [1.82, 2.24) is 15.1 Å². The van der Waals surface area contributed by atoms with Crippen molar-refractivity contribution in [2.45, 2.75) is 19.4 Å². The average molecular weight is 264 g/mol. The normalized spacial score (nSPS) is 23.3. The van der Waals surface area contributed by atoms with Gasteiger partial charge in [-0.05, 0) is 24.5 Å². The Hall–Kier alpha value is -1.69. The highest BCUT2D eigenvalue weighted by Crippen LogP contribution is 2.21. The molecule has 2 rings (SSSR count). The molecule has 1 fully saturated rings. The number of β-amino-alcohol motifs (C(OH)–C–C–N with tert-alkyl or cyclic N) is 1. The van der Waals surface area contributed by atoms with E-state index in [1.807, 2.05) is 11.8 Å². The van der Waals surface area contributed by atoms with Gasteiger partial charge in [0.15, 0.2) is 11.5 Å². The van der Waals surface area contributed by atoms with Crippen molar-refractivity contribution in [2.75, 3.05) is 32.1 Å². The summed E-state index contributed by atoms with van der Waals surface area (Å²) in [4.78, 5) is 15.2. The number of carbonyl (C=O) groups excluding carboxylic acids is 1. The lowest BCUT2D eigenvalue weighted by atomic mass is 9.96. The zero-order chi connectivity index (χ0) is 14.0. The van der Waals surface area contributed by atoms with E-state index in [1.54, 1.807) is 26.2 Å². The zero-order valence-electron chi connectivity index (χ0n) is 11.6. The largest absolute Gasteiger partial charge is 0.391 e. The van der Waals surface area contributed by atoms with Crippen LogP contribution < -0.4 is 4.90 Å². The fourth-order valence-corrected chi connectivity index (χ4v) is 2.09. The van der Waals surface area contributed by atoms with Crippen molar-refractivity contribution >= 4 is 11.7 Å². The van der Waals surface area contributed by atoms with Gasteiger partial charge < -0.3 is 14.9 Å². The van der Waals surface area contributed by atoms with Crippen molar-refractivity contribution in [3.63, 3.8) is 0 Å². The minimum Gasteiger partial charge on any atom is -0.391 e. The van der Waals surface area contributed by atoms with Crippen molar-refractivity contribution in [3.05, 3.63) is 17.8 Å². The Labute approximate surface area is 113 Å². The second-order valence-corrected chi connectivity index (χ2v) is 5.26. The Morgan fingerprint density at radius 3 is 2.68 bits per heavy atom. The van der Waals surface area contributed by atoms with Crippen molar-refractivity contribution in [1.29, 1.82) is 0 Å². The molecule has 1 aromatic rings. The van der Waals surface area contributed by atoms with Gasteiger partial charge in [-0.3, -0.25) is 4.79 Å². The monoisotopic (exact) mass is 264 g/mol. The third-order valence-electron chi connectivity index (χ3n) is 3.52. The third kappa shape index (κ3) is 3.01. The first kappa shape index (κ1) is 13.7. The quantitative estimate of drug-likeness (QED) is 0.836. The van der Waals surface area contributed by atoms with Crippen molar-refractivity contribution < 1.29 is 9.90 Å². The molecule has 0 aliphatic carbocycles. The molecule has 1 N–H and O–H groups in total. The Morgan fingerprint density at radius 2 is 2.16 bits per heavy atom. The molecule has 0 aromatic carbocycles. The fraction of sp³-hybridized carbons (Fsp3) is 0.615. The highest BCUT2D eigenvalue weighted by atomic mass is 16.3. The highest BCUT2D eigenvalue weighted by Gasteiger charge is 2.25. The molecule has 6 nitrogen and oxygen atoms in total. The van der Waals surface area contributed by atoms with Crippen LogP contribution in [0.25, 0.3) is 0 Å². The van der Waals surface area contributed by atoms with Crippen LogP contribution in [-0.2, 0) is 0 Å². The molecule has 0 radical (unpaired) electrons. The Bertz CT molecular complexity index is 446. The molecule has 2 heterocycles. The Morgan fingerprint density at radius 1 is 1.42 bits per heavy atom. The molecule has 1 saturated heterocycles. The fourth-order valence-electron chi connectivity index (χ4n) is 2.09. The van der Waals surface area contributed by atoms with E-state index < -0.39 is 0 Å². The number of hydrogen-bond donors (Lipinski definition) is 1. The van der Waals surface area contributed by atoms with Gasteiger partial charge >= 0.3 is 0 Å². The second-order valence-electron chi connectivity index (χ2n) is 5.26. The minimum atomic E-state index is -0.335. The number of aliphatic hydroxyl groups is 1. The molecule has 0 spiro atoms. The van der Waals surface area contributed by atoms with E-state index >= 15 is 0 Å². The molecule has 6 heteroatoms. The molecule has 1 aliphatic heterocycles. The summed E-state index contributed by atoms with van der Waals surface area (Å²) >= 11 is 0. The van der Waals surface area contributed by atoms with Gasteiger partial charge in [0.25, 0.3) is 5.91 Å². The van der Waals surface area contributed by atoms with E-state index in [0.29, 0.717) is 24.0 Å². The van der Waals surface area contributed by atoms with Gasteiger partial charge in [0.1, 0.15) is 0 Å². The molecule has 0 bridgehead atoms. The van der Waals surface area contributed by atoms with Crippen LogP contribution in [0, 0.1) is 5.92 Å². The summed E-state index contributed by atoms with van der Waals surface area (Å²) in [6.45, 7) is 3.47. The molecule has 104 valence electrons. The molecule has 0 saturated carbocycles. The number of carbonyl (C=O) groups is 1. The smallest absolute Gasteiger partial charge is 0.273 e. The first-order chi connectivity index (χ1) is 8.99. The lowest BCUT2D eigenvalue weighted by Gasteiger charge is -2.34. The van der Waals surface area contributed by atoms with E-state index in [4.69, 9.17) is 0 Å². The van der Waals surface area contributed by atoms with Gasteiger partial charge in [-0.25, -0.2) is 0 Å². The summed E-state index contributed by atoms with van der Waals surface area (Å²) in [7, 11) is 3.36. The predicted octanol–water partition coefficient (Wildman–Crippen LogP) is 0.385. The SMILES string of the molecule is CC1CCN(c2ccc(C(=O)N(C)C)nn2)CC1O. The van der Waals surface area contributed by atoms with Crippen molar-refractivity contribution in [2.24, 2.45) is 5.92 Å². The van der Waals surface area contributed by atoms with Gasteiger partial charge in [0.2, 0.25) is 0 Å². The summed E-state index contributed by atoms with van der Waals surface area (Å²) in [5, 5.41) is 17.9. The van der Waals surface area contributed by atoms with E-state index in [0.717, 1.165) is 13.0 Å². The maximum atomic E-state index is 11.7. The Kier molecular flexibility index (Phi) is 3.99. The molecular weight excluding hydrogens is 244 g/mol. The van der Waals surface area contributed by atoms with Crippen LogP contribution in [-0.4, -0.2) is 59.4 Å². The number of amides is 1. The highest BCUT2D eigenvalue weighted by molar-refractivity contribution is 5.91. The van der Waals surface area contributed by atoms with Crippen LogP contribution in [0.2, 0.25) is 0 Å². The van der Waals surface area contributed by atoms with E-state index in [2.05, 4.69) is 10.2 Å². The average Bonchev–Trinajstić information content (AvgIpc) is 2.41. The van der Waals surface area contributed by atoms with E-state index in [9.17, 15) is 9.90 Å². The van der Waals surface area contributed by atoms with Crippen LogP contribution in [0.15, 0.2) is 12.1 Å². The number of hydrogen-bond acceptors (Lipinski definition) is 5. The first-order valence-corrected chi connectivity index (χ1v) is 6.47. The first-order valence-electron chi connectivity index (χ1n) is 6.47. The molecule has 2 atom stereocenters. The number of aliphatic hydroxyl groups excluding tert-OH is 1. The molecular formula is C13H20N4O2. The maximum absolute atomic E-state index is 11.7. The topological polar surface area (TPSA) is 69.6 Å². The summed E-state index contributed by atoms with van der Waals surface area (Å²) < 4.78 is 0. The summed E-state index contributed by atoms with van der Waals surface area (Å²) in [5.74, 6) is 0.867. The molecule has 1 amide bonds. The maximum Gasteiger partial charge on any atom is 0.273 e. The van der Waals surface area contributed by atoms with Crippen LogP contribution in [0.4, 0.5) is 5.82 Å². The third-order valence-corrected chi connectivity index (χ3v) is 3.52. The molecule has 1 aromatic heterocycles. The van der Waals surface area contributed by atoms with Crippen LogP contribution in [0.1, 0.15) is 23.8 Å². The van der Waals surface area contributed by atoms with Gasteiger partial charge in [-0.2, -0.15) is 0 Å². The van der Waals surface area contributed by atoms with Gasteiger partial charge in [-0.1, -0.05) is 6.92 Å². The van der Waals surface area contributed by atoms with Crippen LogP contribution >= 0.6 is 0 Å². The second kappa shape index (κ2) is 5.52. The Balaban J connectivity index is 2.08. The molecule has 2 unspecified atom stereocenters. The minimum absolute atomic E-state index is 0.161. The standard InChI is InChI=1S/C13H20N4O2/c1-9-6-7-17(8-11(9)18)12-5-4-10(14-15-12)13(19)16(2)3/h4-5,9,11,18H,6-8H2,1-3H3. The summed E-state index contributed by atoms with van der Waals surface area (Å²) in [6.07, 6.45) is 0.597. The van der Waals surface area contributed by atoms with E-state index in [-0.39, 0.29) is 12.0 Å².